The molecule has 7 nitrogen and oxygen atoms in total. The maximum atomic E-state index is 12.2. The number of hydrogen-bond acceptors (Lipinski definition) is 5. The lowest BCUT2D eigenvalue weighted by Gasteiger charge is -2.08. The van der Waals surface area contributed by atoms with E-state index in [2.05, 4.69) is 25.9 Å². The van der Waals surface area contributed by atoms with Gasteiger partial charge in [0.2, 0.25) is 5.82 Å². The van der Waals surface area contributed by atoms with Crippen molar-refractivity contribution in [1.29, 1.82) is 0 Å². The predicted molar refractivity (Wildman–Crippen MR) is 83.4 cm³/mol. The van der Waals surface area contributed by atoms with Crippen LogP contribution in [0.1, 0.15) is 10.4 Å². The third kappa shape index (κ3) is 2.89. The summed E-state index contributed by atoms with van der Waals surface area (Å²) in [6.45, 7) is 0. The van der Waals surface area contributed by atoms with Crippen LogP contribution in [0.4, 0.5) is 11.4 Å². The zero-order valence-corrected chi connectivity index (χ0v) is 12.0. The molecule has 0 aliphatic carbocycles. The minimum atomic E-state index is -0.306. The molecule has 0 radical (unpaired) electrons. The summed E-state index contributed by atoms with van der Waals surface area (Å²) in [4.78, 5) is 12.2. The number of H-pyrrole nitrogens is 1. The van der Waals surface area contributed by atoms with E-state index in [-0.39, 0.29) is 5.91 Å². The third-order valence-corrected chi connectivity index (χ3v) is 3.25. The number of aromatic amines is 1. The van der Waals surface area contributed by atoms with Crippen molar-refractivity contribution in [1.82, 2.24) is 20.6 Å². The number of nitrogens with zero attached hydrogens (tertiary/aromatic N) is 3. The van der Waals surface area contributed by atoms with Gasteiger partial charge >= 0.3 is 0 Å². The summed E-state index contributed by atoms with van der Waals surface area (Å²) < 4.78 is 0. The van der Waals surface area contributed by atoms with E-state index in [9.17, 15) is 4.79 Å². The molecule has 3 rings (SSSR count). The van der Waals surface area contributed by atoms with Crippen molar-refractivity contribution in [3.63, 3.8) is 0 Å². The molecule has 0 aliphatic heterocycles. The number of aromatic nitrogens is 4. The molecule has 1 heterocycles. The molecule has 4 N–H and O–H groups in total. The Morgan fingerprint density at radius 1 is 1.18 bits per heavy atom. The van der Waals surface area contributed by atoms with E-state index >= 15 is 0 Å². The molecule has 0 unspecified atom stereocenters. The number of benzene rings is 2. The number of carbonyl (C=O) groups is 1. The standard InChI is InChI=1S/C14H11ClN6O/c15-9-2-4-10(5-3-9)17-14(22)11-6-1-8(7-12(11)16)13-18-20-21-19-13/h1-7H,16H2,(H,17,22)(H,18,19,20,21). The van der Waals surface area contributed by atoms with E-state index < -0.39 is 0 Å². The fourth-order valence-corrected chi connectivity index (χ4v) is 2.05. The van der Waals surface area contributed by atoms with Gasteiger partial charge in [0, 0.05) is 22.0 Å². The smallest absolute Gasteiger partial charge is 0.257 e. The highest BCUT2D eigenvalue weighted by atomic mass is 35.5. The van der Waals surface area contributed by atoms with E-state index in [1.807, 2.05) is 0 Å². The van der Waals surface area contributed by atoms with Crippen molar-refractivity contribution >= 4 is 28.9 Å². The van der Waals surface area contributed by atoms with Crippen LogP contribution in [-0.4, -0.2) is 26.5 Å². The van der Waals surface area contributed by atoms with Crippen LogP contribution < -0.4 is 11.1 Å². The number of nitrogen functional groups attached to an aromatic ring is 1. The van der Waals surface area contributed by atoms with Gasteiger partial charge in [-0.1, -0.05) is 17.7 Å². The molecule has 8 heteroatoms. The van der Waals surface area contributed by atoms with E-state index in [4.69, 9.17) is 17.3 Å². The molecule has 0 bridgehead atoms. The quantitative estimate of drug-likeness (QED) is 0.643. The van der Waals surface area contributed by atoms with Crippen molar-refractivity contribution in [2.24, 2.45) is 0 Å². The molecule has 0 spiro atoms. The Balaban J connectivity index is 1.82. The van der Waals surface area contributed by atoms with Crippen molar-refractivity contribution in [2.45, 2.75) is 0 Å². The summed E-state index contributed by atoms with van der Waals surface area (Å²) >= 11 is 5.80. The van der Waals surface area contributed by atoms with Gasteiger partial charge in [0.15, 0.2) is 0 Å². The van der Waals surface area contributed by atoms with Crippen LogP contribution in [0.5, 0.6) is 0 Å². The molecular weight excluding hydrogens is 304 g/mol. The highest BCUT2D eigenvalue weighted by Crippen LogP contribution is 2.22. The Hall–Kier alpha value is -2.93. The molecule has 22 heavy (non-hydrogen) atoms. The van der Waals surface area contributed by atoms with Gasteiger partial charge in [-0.3, -0.25) is 4.79 Å². The average molecular weight is 315 g/mol. The lowest BCUT2D eigenvalue weighted by atomic mass is 10.1. The van der Waals surface area contributed by atoms with Crippen LogP contribution in [0.25, 0.3) is 11.4 Å². The normalized spacial score (nSPS) is 10.4. The highest BCUT2D eigenvalue weighted by Gasteiger charge is 2.12. The second kappa shape index (κ2) is 5.82. The number of amides is 1. The first-order valence-corrected chi connectivity index (χ1v) is 6.71. The van der Waals surface area contributed by atoms with Crippen molar-refractivity contribution in [2.75, 3.05) is 11.1 Å². The number of nitrogens with one attached hydrogen (secondary N) is 2. The molecule has 2 aromatic carbocycles. The number of anilines is 2. The van der Waals surface area contributed by atoms with Gasteiger partial charge < -0.3 is 11.1 Å². The Bertz CT molecular complexity index is 801. The lowest BCUT2D eigenvalue weighted by Crippen LogP contribution is -2.14. The molecule has 3 aromatic rings. The van der Waals surface area contributed by atoms with Gasteiger partial charge in [-0.15, -0.1) is 10.2 Å². The number of rotatable bonds is 3. The Morgan fingerprint density at radius 3 is 2.59 bits per heavy atom. The van der Waals surface area contributed by atoms with Crippen molar-refractivity contribution in [3.8, 4) is 11.4 Å². The van der Waals surface area contributed by atoms with Gasteiger partial charge in [-0.2, -0.15) is 5.21 Å². The van der Waals surface area contributed by atoms with Crippen LogP contribution in [0, 0.1) is 0 Å². The molecule has 0 saturated heterocycles. The number of hydrogen-bond donors (Lipinski definition) is 3. The Labute approximate surface area is 130 Å². The Morgan fingerprint density at radius 2 is 1.95 bits per heavy atom. The van der Waals surface area contributed by atoms with Gasteiger partial charge in [-0.25, -0.2) is 0 Å². The SMILES string of the molecule is Nc1cc(-c2nn[nH]n2)ccc1C(=O)Nc1ccc(Cl)cc1. The lowest BCUT2D eigenvalue weighted by molar-refractivity contribution is 0.102. The minimum absolute atomic E-state index is 0.306. The maximum Gasteiger partial charge on any atom is 0.257 e. The molecular formula is C14H11ClN6O. The van der Waals surface area contributed by atoms with Gasteiger partial charge in [0.25, 0.3) is 5.91 Å². The monoisotopic (exact) mass is 314 g/mol. The zero-order chi connectivity index (χ0) is 15.5. The fourth-order valence-electron chi connectivity index (χ4n) is 1.92. The van der Waals surface area contributed by atoms with Gasteiger partial charge in [0.05, 0.1) is 5.56 Å². The fraction of sp³-hybridized carbons (Fsp3) is 0. The summed E-state index contributed by atoms with van der Waals surface area (Å²) in [6, 6.07) is 11.8. The summed E-state index contributed by atoms with van der Waals surface area (Å²) in [5, 5.41) is 16.9. The van der Waals surface area contributed by atoms with Gasteiger partial charge in [0.1, 0.15) is 0 Å². The van der Waals surface area contributed by atoms with Crippen molar-refractivity contribution in [3.05, 3.63) is 53.1 Å². The molecule has 110 valence electrons. The summed E-state index contributed by atoms with van der Waals surface area (Å²) in [6.07, 6.45) is 0. The molecule has 0 aliphatic rings. The number of tetrazole rings is 1. The number of carbonyl (C=O) groups excluding carboxylic acids is 1. The molecule has 1 aromatic heterocycles. The van der Waals surface area contributed by atoms with Crippen LogP contribution in [0.3, 0.4) is 0 Å². The minimum Gasteiger partial charge on any atom is -0.398 e. The second-order valence-electron chi connectivity index (χ2n) is 4.50. The van der Waals surface area contributed by atoms with E-state index in [1.54, 1.807) is 42.5 Å². The molecule has 0 atom stereocenters. The first-order valence-electron chi connectivity index (χ1n) is 6.34. The second-order valence-corrected chi connectivity index (χ2v) is 4.93. The first-order chi connectivity index (χ1) is 10.6. The molecule has 1 amide bonds. The molecule has 0 saturated carbocycles. The van der Waals surface area contributed by atoms with Crippen LogP contribution in [0.2, 0.25) is 5.02 Å². The van der Waals surface area contributed by atoms with E-state index in [1.165, 1.54) is 0 Å². The maximum absolute atomic E-state index is 12.2. The van der Waals surface area contributed by atoms with Crippen LogP contribution >= 0.6 is 11.6 Å². The largest absolute Gasteiger partial charge is 0.398 e. The first kappa shape index (κ1) is 14.0. The van der Waals surface area contributed by atoms with Gasteiger partial charge in [-0.05, 0) is 41.6 Å². The topological polar surface area (TPSA) is 110 Å². The highest BCUT2D eigenvalue weighted by molar-refractivity contribution is 6.30. The Kier molecular flexibility index (Phi) is 3.71. The van der Waals surface area contributed by atoms with Crippen LogP contribution in [0.15, 0.2) is 42.5 Å². The summed E-state index contributed by atoms with van der Waals surface area (Å²) in [7, 11) is 0. The van der Waals surface area contributed by atoms with Crippen LogP contribution in [-0.2, 0) is 0 Å². The van der Waals surface area contributed by atoms with E-state index in [0.717, 1.165) is 0 Å². The summed E-state index contributed by atoms with van der Waals surface area (Å²) in [5.74, 6) is 0.107. The van der Waals surface area contributed by atoms with Crippen molar-refractivity contribution < 1.29 is 4.79 Å². The zero-order valence-electron chi connectivity index (χ0n) is 11.2. The van der Waals surface area contributed by atoms with E-state index in [0.29, 0.717) is 33.3 Å². The number of halogens is 1. The third-order valence-electron chi connectivity index (χ3n) is 3.00. The number of nitrogens with two attached hydrogens (primary N) is 1. The predicted octanol–water partition coefficient (Wildman–Crippen LogP) is 2.35. The molecule has 0 fully saturated rings. The average Bonchev–Trinajstić information content (AvgIpc) is 3.03. The summed E-state index contributed by atoms with van der Waals surface area (Å²) in [5.41, 5.74) is 7.94.